The van der Waals surface area contributed by atoms with E-state index in [9.17, 15) is 13.2 Å². The van der Waals surface area contributed by atoms with Gasteiger partial charge in [0, 0.05) is 35.5 Å². The van der Waals surface area contributed by atoms with Crippen LogP contribution in [0.15, 0.2) is 83.8 Å². The van der Waals surface area contributed by atoms with Crippen molar-refractivity contribution in [1.82, 2.24) is 14.8 Å². The number of aromatic nitrogens is 3. The largest absolute Gasteiger partial charge is 0.322 e. The molecule has 0 fully saturated rings. The van der Waals surface area contributed by atoms with Crippen molar-refractivity contribution >= 4 is 27.3 Å². The molecular formula is C26H25N5O3S. The molecule has 0 saturated heterocycles. The first-order valence-electron chi connectivity index (χ1n) is 11.5. The molecule has 9 heteroatoms. The number of hydrogen-bond donors (Lipinski definition) is 2. The number of nitrogens with one attached hydrogen (secondary N) is 2. The summed E-state index contributed by atoms with van der Waals surface area (Å²) in [5, 5.41) is 11.7. The van der Waals surface area contributed by atoms with Crippen molar-refractivity contribution in [2.45, 2.75) is 37.1 Å². The molecule has 0 spiro atoms. The number of fused-ring (bicyclic) bond motifs is 1. The standard InChI is InChI=1S/C26H25N5O3S/c32-26(20-10-8-12-22(18-20)30-35(33,34)23-13-3-1-4-14-23)27-21-11-7-9-19(17-21)25-29-28-24-15-5-2-6-16-31(24)25/h1,3-4,7-14,17-18,30H,2,5-6,15-16H2,(H,27,32). The zero-order valence-electron chi connectivity index (χ0n) is 19.0. The third kappa shape index (κ3) is 5.09. The zero-order chi connectivity index (χ0) is 24.3. The van der Waals surface area contributed by atoms with E-state index >= 15 is 0 Å². The summed E-state index contributed by atoms with van der Waals surface area (Å²) < 4.78 is 29.9. The molecule has 178 valence electrons. The summed E-state index contributed by atoms with van der Waals surface area (Å²) in [4.78, 5) is 13.1. The first-order chi connectivity index (χ1) is 17.0. The lowest BCUT2D eigenvalue weighted by Gasteiger charge is -2.11. The molecule has 1 aliphatic rings. The third-order valence-corrected chi connectivity index (χ3v) is 7.32. The van der Waals surface area contributed by atoms with Crippen LogP contribution in [0.1, 0.15) is 35.4 Å². The van der Waals surface area contributed by atoms with Gasteiger partial charge in [-0.2, -0.15) is 0 Å². The number of benzene rings is 3. The highest BCUT2D eigenvalue weighted by Gasteiger charge is 2.17. The Morgan fingerprint density at radius 1 is 0.829 bits per heavy atom. The lowest BCUT2D eigenvalue weighted by atomic mass is 10.1. The molecule has 4 aromatic rings. The minimum atomic E-state index is -3.75. The van der Waals surface area contributed by atoms with Crippen molar-refractivity contribution in [3.8, 4) is 11.4 Å². The van der Waals surface area contributed by atoms with Gasteiger partial charge in [0.15, 0.2) is 5.82 Å². The van der Waals surface area contributed by atoms with E-state index in [1.54, 1.807) is 36.4 Å². The Morgan fingerprint density at radius 2 is 1.63 bits per heavy atom. The molecular weight excluding hydrogens is 462 g/mol. The van der Waals surface area contributed by atoms with E-state index in [1.165, 1.54) is 24.6 Å². The summed E-state index contributed by atoms with van der Waals surface area (Å²) >= 11 is 0. The number of aryl methyl sites for hydroxylation is 1. The van der Waals surface area contributed by atoms with E-state index < -0.39 is 10.0 Å². The van der Waals surface area contributed by atoms with E-state index in [0.29, 0.717) is 16.9 Å². The molecule has 2 N–H and O–H groups in total. The maximum atomic E-state index is 13.0. The summed E-state index contributed by atoms with van der Waals surface area (Å²) in [5.74, 6) is 1.46. The molecule has 35 heavy (non-hydrogen) atoms. The maximum absolute atomic E-state index is 13.0. The van der Waals surface area contributed by atoms with Crippen LogP contribution < -0.4 is 10.0 Å². The molecule has 0 saturated carbocycles. The monoisotopic (exact) mass is 487 g/mol. The van der Waals surface area contributed by atoms with E-state index in [1.807, 2.05) is 24.3 Å². The second kappa shape index (κ2) is 9.71. The molecule has 1 aliphatic heterocycles. The molecule has 5 rings (SSSR count). The average molecular weight is 488 g/mol. The second-order valence-corrected chi connectivity index (χ2v) is 10.1. The van der Waals surface area contributed by atoms with Gasteiger partial charge in [-0.3, -0.25) is 9.52 Å². The van der Waals surface area contributed by atoms with Gasteiger partial charge in [0.2, 0.25) is 0 Å². The first-order valence-corrected chi connectivity index (χ1v) is 13.0. The van der Waals surface area contributed by atoms with Crippen LogP contribution in [0.4, 0.5) is 11.4 Å². The lowest BCUT2D eigenvalue weighted by molar-refractivity contribution is 0.102. The van der Waals surface area contributed by atoms with Gasteiger partial charge in [-0.15, -0.1) is 10.2 Å². The molecule has 0 atom stereocenters. The number of anilines is 2. The normalized spacial score (nSPS) is 13.5. The number of amides is 1. The van der Waals surface area contributed by atoms with Gasteiger partial charge in [-0.25, -0.2) is 8.42 Å². The van der Waals surface area contributed by atoms with E-state index in [-0.39, 0.29) is 10.8 Å². The number of rotatable bonds is 6. The minimum Gasteiger partial charge on any atom is -0.322 e. The number of nitrogens with zero attached hydrogens (tertiary/aromatic N) is 3. The van der Waals surface area contributed by atoms with Crippen LogP contribution in [-0.4, -0.2) is 29.1 Å². The van der Waals surface area contributed by atoms with E-state index in [2.05, 4.69) is 24.8 Å². The molecule has 0 bridgehead atoms. The van der Waals surface area contributed by atoms with Gasteiger partial charge in [0.25, 0.3) is 15.9 Å². The van der Waals surface area contributed by atoms with Gasteiger partial charge in [-0.1, -0.05) is 42.8 Å². The highest BCUT2D eigenvalue weighted by atomic mass is 32.2. The van der Waals surface area contributed by atoms with Crippen molar-refractivity contribution in [1.29, 1.82) is 0 Å². The Hall–Kier alpha value is -3.98. The van der Waals surface area contributed by atoms with Gasteiger partial charge in [0.1, 0.15) is 5.82 Å². The van der Waals surface area contributed by atoms with Crippen molar-refractivity contribution in [3.05, 3.63) is 90.3 Å². The van der Waals surface area contributed by atoms with Gasteiger partial charge in [-0.05, 0) is 55.3 Å². The van der Waals surface area contributed by atoms with Crippen molar-refractivity contribution in [2.75, 3.05) is 10.0 Å². The predicted octanol–water partition coefficient (Wildman–Crippen LogP) is 4.72. The van der Waals surface area contributed by atoms with Crippen LogP contribution in [0.25, 0.3) is 11.4 Å². The van der Waals surface area contributed by atoms with Crippen molar-refractivity contribution < 1.29 is 13.2 Å². The zero-order valence-corrected chi connectivity index (χ0v) is 19.8. The van der Waals surface area contributed by atoms with E-state index in [4.69, 9.17) is 0 Å². The van der Waals surface area contributed by atoms with Crippen molar-refractivity contribution in [3.63, 3.8) is 0 Å². The molecule has 0 radical (unpaired) electrons. The topological polar surface area (TPSA) is 106 Å². The summed E-state index contributed by atoms with van der Waals surface area (Å²) in [6, 6.07) is 22.0. The Kier molecular flexibility index (Phi) is 6.33. The summed E-state index contributed by atoms with van der Waals surface area (Å²) in [6.07, 6.45) is 4.32. The van der Waals surface area contributed by atoms with E-state index in [0.717, 1.165) is 43.0 Å². The summed E-state index contributed by atoms with van der Waals surface area (Å²) in [7, 11) is -3.75. The van der Waals surface area contributed by atoms with Crippen LogP contribution in [0.5, 0.6) is 0 Å². The quantitative estimate of drug-likeness (QED) is 0.409. The fourth-order valence-corrected chi connectivity index (χ4v) is 5.25. The van der Waals surface area contributed by atoms with Gasteiger partial charge < -0.3 is 9.88 Å². The number of carbonyl (C=O) groups is 1. The number of hydrogen-bond acceptors (Lipinski definition) is 5. The highest BCUT2D eigenvalue weighted by Crippen LogP contribution is 2.25. The maximum Gasteiger partial charge on any atom is 0.261 e. The number of sulfonamides is 1. The van der Waals surface area contributed by atoms with Crippen LogP contribution in [-0.2, 0) is 23.0 Å². The van der Waals surface area contributed by atoms with Crippen LogP contribution in [0, 0.1) is 0 Å². The molecule has 2 heterocycles. The molecule has 1 amide bonds. The fourth-order valence-electron chi connectivity index (χ4n) is 4.18. The van der Waals surface area contributed by atoms with Crippen molar-refractivity contribution in [2.24, 2.45) is 0 Å². The SMILES string of the molecule is O=C(Nc1cccc(-c2nnc3n2CCCCC3)c1)c1cccc(NS(=O)(=O)c2ccccc2)c1. The van der Waals surface area contributed by atoms with Crippen LogP contribution in [0.2, 0.25) is 0 Å². The van der Waals surface area contributed by atoms with Crippen LogP contribution >= 0.6 is 0 Å². The lowest BCUT2D eigenvalue weighted by Crippen LogP contribution is -2.15. The van der Waals surface area contributed by atoms with Crippen LogP contribution in [0.3, 0.4) is 0 Å². The third-order valence-electron chi connectivity index (χ3n) is 5.92. The highest BCUT2D eigenvalue weighted by molar-refractivity contribution is 7.92. The summed E-state index contributed by atoms with van der Waals surface area (Å²) in [5.41, 5.74) is 2.14. The Morgan fingerprint density at radius 3 is 2.49 bits per heavy atom. The Bertz CT molecular complexity index is 1470. The Balaban J connectivity index is 1.33. The second-order valence-electron chi connectivity index (χ2n) is 8.44. The predicted molar refractivity (Wildman–Crippen MR) is 135 cm³/mol. The average Bonchev–Trinajstić information content (AvgIpc) is 3.13. The molecule has 3 aromatic carbocycles. The fraction of sp³-hybridized carbons (Fsp3) is 0.192. The Labute approximate surface area is 204 Å². The molecule has 8 nitrogen and oxygen atoms in total. The smallest absolute Gasteiger partial charge is 0.261 e. The van der Waals surface area contributed by atoms with Gasteiger partial charge in [0.05, 0.1) is 4.90 Å². The first kappa shape index (κ1) is 22.8. The molecule has 0 aliphatic carbocycles. The number of carbonyl (C=O) groups excluding carboxylic acids is 1. The molecule has 1 aromatic heterocycles. The van der Waals surface area contributed by atoms with Gasteiger partial charge >= 0.3 is 0 Å². The summed E-state index contributed by atoms with van der Waals surface area (Å²) in [6.45, 7) is 0.889. The minimum absolute atomic E-state index is 0.151. The molecule has 0 unspecified atom stereocenters.